The van der Waals surface area contributed by atoms with Crippen LogP contribution in [-0.4, -0.2) is 26.3 Å². The maximum Gasteiger partial charge on any atom is 0.157 e. The molecule has 0 bridgehead atoms. The van der Waals surface area contributed by atoms with Crippen molar-refractivity contribution in [3.8, 4) is 0 Å². The van der Waals surface area contributed by atoms with Crippen molar-refractivity contribution in [2.45, 2.75) is 58.2 Å². The average Bonchev–Trinajstić information content (AvgIpc) is 2.33. The van der Waals surface area contributed by atoms with E-state index in [4.69, 9.17) is 9.47 Å². The van der Waals surface area contributed by atoms with Crippen LogP contribution in [-0.2, 0) is 9.47 Å². The van der Waals surface area contributed by atoms with Crippen LogP contribution in [0.2, 0.25) is 0 Å². The molecule has 16 heavy (non-hydrogen) atoms. The molecule has 98 valence electrons. The lowest BCUT2D eigenvalue weighted by Gasteiger charge is -2.20. The fraction of sp³-hybridized carbons (Fsp3) is 1.00. The zero-order chi connectivity index (χ0) is 12.2. The Balaban J connectivity index is 3.57. The van der Waals surface area contributed by atoms with E-state index in [0.717, 1.165) is 12.2 Å². The van der Waals surface area contributed by atoms with Gasteiger partial charge in [-0.05, 0) is 18.1 Å². The molecule has 0 aromatic rings. The van der Waals surface area contributed by atoms with E-state index >= 15 is 0 Å². The van der Waals surface area contributed by atoms with E-state index in [-0.39, 0.29) is 6.29 Å². The van der Waals surface area contributed by atoms with Crippen LogP contribution in [0.4, 0.5) is 0 Å². The second-order valence-corrected chi connectivity index (χ2v) is 4.75. The molecule has 2 nitrogen and oxygen atoms in total. The minimum absolute atomic E-state index is 0.0622. The van der Waals surface area contributed by atoms with Crippen LogP contribution in [0.15, 0.2) is 0 Å². The van der Waals surface area contributed by atoms with Crippen LogP contribution in [0.25, 0.3) is 0 Å². The molecule has 0 rings (SSSR count). The first-order valence-electron chi connectivity index (χ1n) is 6.44. The summed E-state index contributed by atoms with van der Waals surface area (Å²) in [6.45, 7) is 2.25. The van der Waals surface area contributed by atoms with E-state index in [0.29, 0.717) is 5.92 Å². The Labute approximate surface area is 107 Å². The molecule has 1 unspecified atom stereocenters. The number of hydrogen-bond donors (Lipinski definition) is 1. The Morgan fingerprint density at radius 2 is 1.62 bits per heavy atom. The fourth-order valence-corrected chi connectivity index (χ4v) is 2.21. The van der Waals surface area contributed by atoms with Crippen LogP contribution in [0, 0.1) is 5.92 Å². The smallest absolute Gasteiger partial charge is 0.157 e. The van der Waals surface area contributed by atoms with E-state index < -0.39 is 0 Å². The van der Waals surface area contributed by atoms with Crippen molar-refractivity contribution in [3.05, 3.63) is 0 Å². The Hall–Kier alpha value is 0.270. The van der Waals surface area contributed by atoms with E-state index in [2.05, 4.69) is 19.6 Å². The van der Waals surface area contributed by atoms with E-state index in [1.807, 2.05) is 0 Å². The molecular weight excluding hydrogens is 220 g/mol. The maximum absolute atomic E-state index is 5.22. The molecule has 0 aliphatic heterocycles. The van der Waals surface area contributed by atoms with Crippen molar-refractivity contribution >= 4 is 12.6 Å². The molecule has 0 radical (unpaired) electrons. The molecule has 0 aliphatic carbocycles. The first-order valence-corrected chi connectivity index (χ1v) is 7.08. The third kappa shape index (κ3) is 8.43. The van der Waals surface area contributed by atoms with Gasteiger partial charge in [0.15, 0.2) is 6.29 Å². The number of ether oxygens (including phenoxy) is 2. The summed E-state index contributed by atoms with van der Waals surface area (Å²) in [5, 5.41) is 0. The summed E-state index contributed by atoms with van der Waals surface area (Å²) < 4.78 is 10.4. The average molecular weight is 248 g/mol. The van der Waals surface area contributed by atoms with Crippen molar-refractivity contribution in [1.29, 1.82) is 0 Å². The van der Waals surface area contributed by atoms with Gasteiger partial charge in [0.2, 0.25) is 0 Å². The van der Waals surface area contributed by atoms with Gasteiger partial charge in [-0.1, -0.05) is 39.0 Å². The molecule has 0 saturated carbocycles. The highest BCUT2D eigenvalue weighted by Crippen LogP contribution is 2.19. The Bertz CT molecular complexity index is 138. The number of rotatable bonds is 11. The predicted molar refractivity (Wildman–Crippen MR) is 73.1 cm³/mol. The molecule has 0 aromatic heterocycles. The minimum atomic E-state index is -0.0622. The first kappa shape index (κ1) is 16.3. The molecule has 0 spiro atoms. The van der Waals surface area contributed by atoms with E-state index in [1.54, 1.807) is 14.2 Å². The summed E-state index contributed by atoms with van der Waals surface area (Å²) in [7, 11) is 3.40. The van der Waals surface area contributed by atoms with Gasteiger partial charge in [-0.25, -0.2) is 0 Å². The van der Waals surface area contributed by atoms with Gasteiger partial charge in [0, 0.05) is 20.6 Å². The molecule has 0 saturated heterocycles. The zero-order valence-electron chi connectivity index (χ0n) is 11.1. The quantitative estimate of drug-likeness (QED) is 0.339. The van der Waals surface area contributed by atoms with Crippen molar-refractivity contribution in [3.63, 3.8) is 0 Å². The van der Waals surface area contributed by atoms with Gasteiger partial charge in [0.05, 0.1) is 0 Å². The van der Waals surface area contributed by atoms with E-state index in [9.17, 15) is 0 Å². The van der Waals surface area contributed by atoms with Crippen LogP contribution >= 0.6 is 12.6 Å². The molecule has 1 atom stereocenters. The van der Waals surface area contributed by atoms with E-state index in [1.165, 1.54) is 38.5 Å². The standard InChI is InChI=1S/C13H28O2S/c1-4-5-6-7-8-9-12(11-16)10-13(14-2)15-3/h12-13,16H,4-11H2,1-3H3. The molecule has 0 aliphatic rings. The minimum Gasteiger partial charge on any atom is -0.356 e. The van der Waals surface area contributed by atoms with Gasteiger partial charge in [-0.2, -0.15) is 12.6 Å². The Kier molecular flexibility index (Phi) is 11.9. The first-order chi connectivity index (χ1) is 7.78. The summed E-state index contributed by atoms with van der Waals surface area (Å²) in [5.74, 6) is 1.55. The number of unbranched alkanes of at least 4 members (excludes halogenated alkanes) is 4. The summed E-state index contributed by atoms with van der Waals surface area (Å²) in [4.78, 5) is 0. The summed E-state index contributed by atoms with van der Waals surface area (Å²) in [5.41, 5.74) is 0. The zero-order valence-corrected chi connectivity index (χ0v) is 12.0. The predicted octanol–water partition coefficient (Wildman–Crippen LogP) is 3.90. The molecule has 0 aromatic carbocycles. The van der Waals surface area contributed by atoms with Crippen LogP contribution < -0.4 is 0 Å². The van der Waals surface area contributed by atoms with Crippen LogP contribution in [0.3, 0.4) is 0 Å². The molecule has 0 amide bonds. The topological polar surface area (TPSA) is 18.5 Å². The Morgan fingerprint density at radius 1 is 1.00 bits per heavy atom. The summed E-state index contributed by atoms with van der Waals surface area (Å²) in [6, 6.07) is 0. The second-order valence-electron chi connectivity index (χ2n) is 4.39. The van der Waals surface area contributed by atoms with Gasteiger partial charge in [-0.15, -0.1) is 0 Å². The summed E-state index contributed by atoms with van der Waals surface area (Å²) >= 11 is 4.40. The molecule has 3 heteroatoms. The lowest BCUT2D eigenvalue weighted by molar-refractivity contribution is -0.113. The number of methoxy groups -OCH3 is 2. The van der Waals surface area contributed by atoms with Gasteiger partial charge in [0.1, 0.15) is 0 Å². The van der Waals surface area contributed by atoms with Crippen molar-refractivity contribution in [1.82, 2.24) is 0 Å². The lowest BCUT2D eigenvalue weighted by atomic mass is 9.98. The number of hydrogen-bond acceptors (Lipinski definition) is 3. The van der Waals surface area contributed by atoms with Gasteiger partial charge in [-0.3, -0.25) is 0 Å². The third-order valence-electron chi connectivity index (χ3n) is 3.03. The Morgan fingerprint density at radius 3 is 2.12 bits per heavy atom. The lowest BCUT2D eigenvalue weighted by Crippen LogP contribution is -2.19. The van der Waals surface area contributed by atoms with Crippen LogP contribution in [0.5, 0.6) is 0 Å². The highest BCUT2D eigenvalue weighted by atomic mass is 32.1. The van der Waals surface area contributed by atoms with Crippen molar-refractivity contribution in [2.24, 2.45) is 5.92 Å². The van der Waals surface area contributed by atoms with Crippen LogP contribution in [0.1, 0.15) is 51.9 Å². The summed E-state index contributed by atoms with van der Waals surface area (Å²) in [6.07, 6.45) is 8.85. The third-order valence-corrected chi connectivity index (χ3v) is 3.54. The fourth-order valence-electron chi connectivity index (χ4n) is 1.88. The largest absolute Gasteiger partial charge is 0.356 e. The highest BCUT2D eigenvalue weighted by molar-refractivity contribution is 7.80. The number of thiol groups is 1. The van der Waals surface area contributed by atoms with Gasteiger partial charge in [0.25, 0.3) is 0 Å². The molecule has 0 fully saturated rings. The molecular formula is C13H28O2S. The normalized spacial score (nSPS) is 13.3. The van der Waals surface area contributed by atoms with Gasteiger partial charge >= 0.3 is 0 Å². The second kappa shape index (κ2) is 11.7. The highest BCUT2D eigenvalue weighted by Gasteiger charge is 2.13. The monoisotopic (exact) mass is 248 g/mol. The SMILES string of the molecule is CCCCCCCC(CS)CC(OC)OC. The van der Waals surface area contributed by atoms with Crippen molar-refractivity contribution in [2.75, 3.05) is 20.0 Å². The maximum atomic E-state index is 5.22. The molecule has 0 N–H and O–H groups in total. The van der Waals surface area contributed by atoms with Gasteiger partial charge < -0.3 is 9.47 Å². The van der Waals surface area contributed by atoms with Crippen molar-refractivity contribution < 1.29 is 9.47 Å². The molecule has 0 heterocycles.